The molecule has 0 amide bonds. The lowest BCUT2D eigenvalue weighted by Gasteiger charge is -2.32. The molecule has 0 fully saturated rings. The van der Waals surface area contributed by atoms with E-state index in [0.29, 0.717) is 12.0 Å². The van der Waals surface area contributed by atoms with Crippen LogP contribution in [0.1, 0.15) is 37.1 Å². The first-order chi connectivity index (χ1) is 8.08. The molecule has 17 heavy (non-hydrogen) atoms. The first-order valence-electron chi connectivity index (χ1n) is 6.10. The average molecular weight is 230 g/mol. The van der Waals surface area contributed by atoms with Gasteiger partial charge in [0.2, 0.25) is 0 Å². The Bertz CT molecular complexity index is 573. The van der Waals surface area contributed by atoms with Crippen molar-refractivity contribution in [1.82, 2.24) is 4.90 Å². The van der Waals surface area contributed by atoms with E-state index in [1.807, 2.05) is 18.2 Å². The molecule has 2 heterocycles. The molecule has 0 bridgehead atoms. The first-order valence-corrected chi connectivity index (χ1v) is 6.10. The number of nitrogen functional groups attached to an aromatic ring is 1. The van der Waals surface area contributed by atoms with Crippen LogP contribution >= 0.6 is 0 Å². The van der Waals surface area contributed by atoms with Crippen LogP contribution in [0.3, 0.4) is 0 Å². The lowest BCUT2D eigenvalue weighted by atomic mass is 9.92. The predicted molar refractivity (Wildman–Crippen MR) is 70.1 cm³/mol. The third-order valence-electron chi connectivity index (χ3n) is 3.87. The van der Waals surface area contributed by atoms with E-state index < -0.39 is 0 Å². The maximum absolute atomic E-state index is 5.99. The smallest absolute Gasteiger partial charge is 0.134 e. The van der Waals surface area contributed by atoms with Gasteiger partial charge in [0.1, 0.15) is 11.3 Å². The molecule has 3 nitrogen and oxygen atoms in total. The highest BCUT2D eigenvalue weighted by Crippen LogP contribution is 2.41. The fourth-order valence-corrected chi connectivity index (χ4v) is 2.84. The number of nitrogens with zero attached hydrogens (tertiary/aromatic N) is 1. The zero-order valence-electron chi connectivity index (χ0n) is 10.5. The molecular formula is C14H18N2O. The standard InChI is InChI=1S/C14H18N2O/c1-8-7-16(3)9(2)13-11-6-10(15)4-5-12(11)17-14(8)13/h4-6,8-9H,7,15H2,1-3H3/t8-,9-/m0/s1. The molecule has 0 saturated carbocycles. The second-order valence-electron chi connectivity index (χ2n) is 5.15. The maximum Gasteiger partial charge on any atom is 0.134 e. The van der Waals surface area contributed by atoms with Gasteiger partial charge in [-0.3, -0.25) is 4.90 Å². The minimum absolute atomic E-state index is 0.393. The highest BCUT2D eigenvalue weighted by Gasteiger charge is 2.31. The molecule has 2 aromatic rings. The summed E-state index contributed by atoms with van der Waals surface area (Å²) >= 11 is 0. The zero-order valence-corrected chi connectivity index (χ0v) is 10.5. The van der Waals surface area contributed by atoms with Gasteiger partial charge >= 0.3 is 0 Å². The molecule has 0 spiro atoms. The molecule has 1 aromatic heterocycles. The van der Waals surface area contributed by atoms with Crippen molar-refractivity contribution >= 4 is 16.7 Å². The Labute approximate surface area is 101 Å². The summed E-state index contributed by atoms with van der Waals surface area (Å²) in [6.45, 7) is 5.49. The van der Waals surface area contributed by atoms with Gasteiger partial charge in [-0.25, -0.2) is 0 Å². The Morgan fingerprint density at radius 1 is 1.35 bits per heavy atom. The molecule has 1 aromatic carbocycles. The van der Waals surface area contributed by atoms with E-state index in [1.54, 1.807) is 0 Å². The minimum atomic E-state index is 0.393. The Morgan fingerprint density at radius 2 is 2.12 bits per heavy atom. The largest absolute Gasteiger partial charge is 0.460 e. The first kappa shape index (κ1) is 10.7. The normalized spacial score (nSPS) is 25.1. The monoisotopic (exact) mass is 230 g/mol. The number of hydrogen-bond acceptors (Lipinski definition) is 3. The molecule has 3 heteroatoms. The summed E-state index contributed by atoms with van der Waals surface area (Å²) < 4.78 is 5.99. The maximum atomic E-state index is 5.99. The predicted octanol–water partition coefficient (Wildman–Crippen LogP) is 3.12. The van der Waals surface area contributed by atoms with Crippen LogP contribution < -0.4 is 5.73 Å². The minimum Gasteiger partial charge on any atom is -0.460 e. The van der Waals surface area contributed by atoms with E-state index in [1.165, 1.54) is 10.9 Å². The van der Waals surface area contributed by atoms with Crippen LogP contribution in [0, 0.1) is 0 Å². The number of benzene rings is 1. The Morgan fingerprint density at radius 3 is 2.88 bits per heavy atom. The van der Waals surface area contributed by atoms with Gasteiger partial charge in [-0.05, 0) is 32.2 Å². The number of furan rings is 1. The average Bonchev–Trinajstić information content (AvgIpc) is 2.65. The molecule has 0 aliphatic carbocycles. The van der Waals surface area contributed by atoms with Crippen molar-refractivity contribution in [3.05, 3.63) is 29.5 Å². The van der Waals surface area contributed by atoms with E-state index in [-0.39, 0.29) is 0 Å². The second-order valence-corrected chi connectivity index (χ2v) is 5.15. The summed E-state index contributed by atoms with van der Waals surface area (Å²) in [5.41, 5.74) is 8.95. The van der Waals surface area contributed by atoms with E-state index >= 15 is 0 Å². The lowest BCUT2D eigenvalue weighted by Crippen LogP contribution is -2.31. The van der Waals surface area contributed by atoms with E-state index in [9.17, 15) is 0 Å². The van der Waals surface area contributed by atoms with Gasteiger partial charge in [-0.15, -0.1) is 0 Å². The molecule has 1 aliphatic heterocycles. The molecule has 0 radical (unpaired) electrons. The zero-order chi connectivity index (χ0) is 12.2. The van der Waals surface area contributed by atoms with Gasteiger partial charge in [0.05, 0.1) is 0 Å². The van der Waals surface area contributed by atoms with Crippen molar-refractivity contribution in [1.29, 1.82) is 0 Å². The van der Waals surface area contributed by atoms with Crippen molar-refractivity contribution in [2.45, 2.75) is 25.8 Å². The third kappa shape index (κ3) is 1.46. The number of rotatable bonds is 0. The van der Waals surface area contributed by atoms with E-state index in [0.717, 1.165) is 23.6 Å². The van der Waals surface area contributed by atoms with Crippen LogP contribution in [0.5, 0.6) is 0 Å². The van der Waals surface area contributed by atoms with Crippen LogP contribution in [0.25, 0.3) is 11.0 Å². The highest BCUT2D eigenvalue weighted by molar-refractivity contribution is 5.86. The van der Waals surface area contributed by atoms with E-state index in [4.69, 9.17) is 10.2 Å². The van der Waals surface area contributed by atoms with Gasteiger partial charge in [0.15, 0.2) is 0 Å². The highest BCUT2D eigenvalue weighted by atomic mass is 16.3. The van der Waals surface area contributed by atoms with Gasteiger partial charge in [-0.1, -0.05) is 6.92 Å². The summed E-state index contributed by atoms with van der Waals surface area (Å²) in [7, 11) is 2.16. The Hall–Kier alpha value is -1.48. The molecule has 90 valence electrons. The fraction of sp³-hybridized carbons (Fsp3) is 0.429. The lowest BCUT2D eigenvalue weighted by molar-refractivity contribution is 0.215. The summed E-state index contributed by atoms with van der Waals surface area (Å²) in [4.78, 5) is 2.37. The van der Waals surface area contributed by atoms with Crippen molar-refractivity contribution in [3.63, 3.8) is 0 Å². The number of anilines is 1. The second kappa shape index (κ2) is 3.50. The van der Waals surface area contributed by atoms with Crippen molar-refractivity contribution in [3.8, 4) is 0 Å². The SMILES string of the molecule is C[C@H]1CN(C)[C@@H](C)c2c1oc1ccc(N)cc21. The molecule has 0 unspecified atom stereocenters. The molecule has 0 saturated heterocycles. The summed E-state index contributed by atoms with van der Waals surface area (Å²) in [6, 6.07) is 6.29. The van der Waals surface area contributed by atoms with Crippen molar-refractivity contribution < 1.29 is 4.42 Å². The number of fused-ring (bicyclic) bond motifs is 3. The summed E-state index contributed by atoms with van der Waals surface area (Å²) in [5, 5.41) is 1.17. The van der Waals surface area contributed by atoms with Crippen molar-refractivity contribution in [2.75, 3.05) is 19.3 Å². The van der Waals surface area contributed by atoms with Gasteiger partial charge < -0.3 is 10.2 Å². The van der Waals surface area contributed by atoms with E-state index in [2.05, 4.69) is 25.8 Å². The Balaban J connectivity index is 2.31. The summed E-state index contributed by atoms with van der Waals surface area (Å²) in [6.07, 6.45) is 0. The Kier molecular flexibility index (Phi) is 2.20. The molecule has 2 atom stereocenters. The molecule has 3 rings (SSSR count). The number of nitrogens with two attached hydrogens (primary N) is 1. The third-order valence-corrected chi connectivity index (χ3v) is 3.87. The van der Waals surface area contributed by atoms with Crippen LogP contribution in [-0.4, -0.2) is 18.5 Å². The molecular weight excluding hydrogens is 212 g/mol. The van der Waals surface area contributed by atoms with Crippen LogP contribution in [0.4, 0.5) is 5.69 Å². The molecule has 2 N–H and O–H groups in total. The molecule has 1 aliphatic rings. The number of hydrogen-bond donors (Lipinski definition) is 1. The van der Waals surface area contributed by atoms with Crippen molar-refractivity contribution in [2.24, 2.45) is 0 Å². The van der Waals surface area contributed by atoms with Crippen LogP contribution in [0.2, 0.25) is 0 Å². The van der Waals surface area contributed by atoms with Gasteiger partial charge in [0.25, 0.3) is 0 Å². The topological polar surface area (TPSA) is 42.4 Å². The summed E-state index contributed by atoms with van der Waals surface area (Å²) in [5.74, 6) is 1.58. The fourth-order valence-electron chi connectivity index (χ4n) is 2.84. The number of likely N-dealkylation sites (N-methyl/N-ethyl adjacent to an activating group) is 1. The van der Waals surface area contributed by atoms with Gasteiger partial charge in [0, 0.05) is 35.1 Å². The van der Waals surface area contributed by atoms with Crippen LogP contribution in [0.15, 0.2) is 22.6 Å². The quantitative estimate of drug-likeness (QED) is 0.707. The van der Waals surface area contributed by atoms with Crippen LogP contribution in [-0.2, 0) is 0 Å². The van der Waals surface area contributed by atoms with Gasteiger partial charge in [-0.2, -0.15) is 0 Å².